The van der Waals surface area contributed by atoms with Gasteiger partial charge in [-0.25, -0.2) is 4.79 Å². The highest BCUT2D eigenvalue weighted by Crippen LogP contribution is 2.53. The molecule has 2 aliphatic rings. The number of amides is 5. The van der Waals surface area contributed by atoms with Crippen LogP contribution in [0.25, 0.3) is 0 Å². The van der Waals surface area contributed by atoms with Gasteiger partial charge < -0.3 is 11.1 Å². The Hall–Kier alpha value is -3.48. The maximum absolute atomic E-state index is 13.1. The number of urea groups is 1. The molecule has 10 nitrogen and oxygen atoms in total. The fourth-order valence-corrected chi connectivity index (χ4v) is 7.17. The first-order valence-electron chi connectivity index (χ1n) is 10.3. The molecule has 3 atom stereocenters. The van der Waals surface area contributed by atoms with Gasteiger partial charge in [0.05, 0.1) is 10.9 Å². The second-order valence-corrected chi connectivity index (χ2v) is 10.4. The van der Waals surface area contributed by atoms with Crippen molar-refractivity contribution in [2.45, 2.75) is 22.7 Å². The molecule has 0 saturated carbocycles. The van der Waals surface area contributed by atoms with Crippen LogP contribution in [0.1, 0.15) is 16.4 Å². The van der Waals surface area contributed by atoms with E-state index in [1.54, 1.807) is 48.8 Å². The SMILES string of the molecule is NC(=O)N1C(=O)C2Sc3c(sc(=O)n3CC(=O)Nc3ccc(Cl)cc3)C(c3cccnc3)C2C1=O. The number of carbonyl (C=O) groups excluding carboxylic acids is 4. The number of benzene rings is 1. The zero-order chi connectivity index (χ0) is 24.9. The average molecular weight is 530 g/mol. The topological polar surface area (TPSA) is 144 Å². The highest BCUT2D eigenvalue weighted by Gasteiger charge is 2.57. The molecule has 13 heteroatoms. The Kier molecular flexibility index (Phi) is 5.95. The van der Waals surface area contributed by atoms with Crippen LogP contribution in [0.15, 0.2) is 58.6 Å². The van der Waals surface area contributed by atoms with Gasteiger partial charge in [-0.1, -0.05) is 40.8 Å². The van der Waals surface area contributed by atoms with Gasteiger partial charge in [0.15, 0.2) is 0 Å². The highest BCUT2D eigenvalue weighted by atomic mass is 35.5. The van der Waals surface area contributed by atoms with Crippen LogP contribution in [0.2, 0.25) is 5.02 Å². The molecular weight excluding hydrogens is 514 g/mol. The summed E-state index contributed by atoms with van der Waals surface area (Å²) in [4.78, 5) is 68.3. The Balaban J connectivity index is 1.55. The van der Waals surface area contributed by atoms with Crippen molar-refractivity contribution in [3.8, 4) is 0 Å². The van der Waals surface area contributed by atoms with E-state index < -0.39 is 45.7 Å². The van der Waals surface area contributed by atoms with Crippen LogP contribution in [0, 0.1) is 5.92 Å². The first kappa shape index (κ1) is 23.3. The fraction of sp³-hybridized carbons (Fsp3) is 0.182. The van der Waals surface area contributed by atoms with E-state index in [-0.39, 0.29) is 6.54 Å². The van der Waals surface area contributed by atoms with Gasteiger partial charge in [-0.05, 0) is 35.9 Å². The summed E-state index contributed by atoms with van der Waals surface area (Å²) in [6.07, 6.45) is 3.11. The maximum atomic E-state index is 13.1. The van der Waals surface area contributed by atoms with Crippen molar-refractivity contribution in [2.75, 3.05) is 5.32 Å². The Labute approximate surface area is 211 Å². The number of halogens is 1. The molecule has 35 heavy (non-hydrogen) atoms. The molecule has 5 rings (SSSR count). The minimum atomic E-state index is -1.15. The summed E-state index contributed by atoms with van der Waals surface area (Å²) >= 11 is 7.76. The van der Waals surface area contributed by atoms with Gasteiger partial charge in [-0.3, -0.25) is 28.7 Å². The predicted molar refractivity (Wildman–Crippen MR) is 129 cm³/mol. The lowest BCUT2D eigenvalue weighted by molar-refractivity contribution is -0.135. The zero-order valence-electron chi connectivity index (χ0n) is 17.7. The normalized spacial score (nSPS) is 20.9. The largest absolute Gasteiger partial charge is 0.351 e. The number of nitrogens with zero attached hydrogens (tertiary/aromatic N) is 3. The van der Waals surface area contributed by atoms with E-state index >= 15 is 0 Å². The molecule has 1 aromatic carbocycles. The number of primary amides is 1. The molecule has 3 unspecified atom stereocenters. The molecule has 1 saturated heterocycles. The molecule has 0 bridgehead atoms. The standard InChI is InChI=1S/C22H16ClN5O5S2/c23-11-3-5-12(6-4-11)26-13(29)9-27-20-17(35-22(27)33)14(10-2-1-7-25-8-10)15-16(34-20)19(31)28(18(15)30)21(24)32/h1-8,14-16H,9H2,(H2,24,32)(H,26,29). The van der Waals surface area contributed by atoms with E-state index in [4.69, 9.17) is 17.3 Å². The average Bonchev–Trinajstić information content (AvgIpc) is 3.27. The van der Waals surface area contributed by atoms with Gasteiger partial charge in [0, 0.05) is 33.9 Å². The fourth-order valence-electron chi connectivity index (χ4n) is 4.27. The molecule has 178 valence electrons. The molecule has 2 aromatic heterocycles. The van der Waals surface area contributed by atoms with E-state index in [0.717, 1.165) is 23.1 Å². The van der Waals surface area contributed by atoms with Crippen LogP contribution < -0.4 is 15.9 Å². The molecule has 3 N–H and O–H groups in total. The van der Waals surface area contributed by atoms with Crippen molar-refractivity contribution in [3.63, 3.8) is 0 Å². The number of thioether (sulfide) groups is 1. The third-order valence-electron chi connectivity index (χ3n) is 5.74. The lowest BCUT2D eigenvalue weighted by Crippen LogP contribution is -2.41. The summed E-state index contributed by atoms with van der Waals surface area (Å²) in [5, 5.41) is 2.64. The van der Waals surface area contributed by atoms with Crippen molar-refractivity contribution < 1.29 is 19.2 Å². The van der Waals surface area contributed by atoms with Crippen LogP contribution in [0.5, 0.6) is 0 Å². The van der Waals surface area contributed by atoms with Gasteiger partial charge >= 0.3 is 10.9 Å². The number of nitrogens with one attached hydrogen (secondary N) is 1. The molecule has 1 fully saturated rings. The van der Waals surface area contributed by atoms with Crippen LogP contribution in [0.3, 0.4) is 0 Å². The number of aromatic nitrogens is 2. The van der Waals surface area contributed by atoms with Crippen molar-refractivity contribution in [2.24, 2.45) is 11.7 Å². The minimum absolute atomic E-state index is 0.306. The molecule has 2 aliphatic heterocycles. The molecule has 3 aromatic rings. The Bertz CT molecular complexity index is 1420. The summed E-state index contributed by atoms with van der Waals surface area (Å²) in [5.74, 6) is -3.56. The second kappa shape index (κ2) is 8.95. The molecule has 0 spiro atoms. The number of nitrogens with two attached hydrogens (primary N) is 1. The maximum Gasteiger partial charge on any atom is 0.328 e. The summed E-state index contributed by atoms with van der Waals surface area (Å²) in [5.41, 5.74) is 6.42. The third-order valence-corrected chi connectivity index (χ3v) is 8.60. The molecule has 4 heterocycles. The Morgan fingerprint density at radius 3 is 2.51 bits per heavy atom. The number of fused-ring (bicyclic) bond motifs is 2. The van der Waals surface area contributed by atoms with E-state index in [1.807, 2.05) is 0 Å². The summed E-state index contributed by atoms with van der Waals surface area (Å²) in [6, 6.07) is 8.77. The molecule has 0 radical (unpaired) electrons. The predicted octanol–water partition coefficient (Wildman–Crippen LogP) is 2.27. The number of likely N-dealkylation sites (tertiary alicyclic amines) is 1. The number of anilines is 1. The van der Waals surface area contributed by atoms with E-state index in [2.05, 4.69) is 10.3 Å². The smallest absolute Gasteiger partial charge is 0.328 e. The molecule has 0 aliphatic carbocycles. The van der Waals surface area contributed by atoms with E-state index in [1.165, 1.54) is 4.57 Å². The summed E-state index contributed by atoms with van der Waals surface area (Å²) in [7, 11) is 0. The van der Waals surface area contributed by atoms with Crippen molar-refractivity contribution in [1.29, 1.82) is 0 Å². The van der Waals surface area contributed by atoms with Crippen molar-refractivity contribution in [1.82, 2.24) is 14.5 Å². The van der Waals surface area contributed by atoms with Crippen molar-refractivity contribution in [3.05, 3.63) is 73.9 Å². The Morgan fingerprint density at radius 1 is 1.11 bits per heavy atom. The molecule has 5 amide bonds. The number of thiazole rings is 1. The first-order chi connectivity index (χ1) is 16.8. The van der Waals surface area contributed by atoms with Crippen molar-refractivity contribution >= 4 is 64.1 Å². The van der Waals surface area contributed by atoms with Crippen LogP contribution in [-0.4, -0.2) is 43.5 Å². The summed E-state index contributed by atoms with van der Waals surface area (Å²) < 4.78 is 1.28. The number of hydrogen-bond donors (Lipinski definition) is 2. The number of imide groups is 3. The van der Waals surface area contributed by atoms with Gasteiger partial charge in [0.1, 0.15) is 11.8 Å². The lowest BCUT2D eigenvalue weighted by Gasteiger charge is -2.30. The number of hydrogen-bond acceptors (Lipinski definition) is 8. The number of rotatable bonds is 4. The third kappa shape index (κ3) is 4.03. The number of carbonyl (C=O) groups is 4. The van der Waals surface area contributed by atoms with Crippen LogP contribution in [-0.2, 0) is 20.9 Å². The Morgan fingerprint density at radius 2 is 1.86 bits per heavy atom. The quantitative estimate of drug-likeness (QED) is 0.493. The van der Waals surface area contributed by atoms with Gasteiger partial charge in [-0.15, -0.1) is 0 Å². The first-order valence-corrected chi connectivity index (χ1v) is 12.4. The molecular formula is C22H16ClN5O5S2. The minimum Gasteiger partial charge on any atom is -0.351 e. The van der Waals surface area contributed by atoms with E-state index in [0.29, 0.717) is 31.1 Å². The van der Waals surface area contributed by atoms with E-state index in [9.17, 15) is 24.0 Å². The van der Waals surface area contributed by atoms with Gasteiger partial charge in [0.25, 0.3) is 5.91 Å². The van der Waals surface area contributed by atoms with Crippen LogP contribution >= 0.6 is 34.7 Å². The second-order valence-electron chi connectivity index (χ2n) is 7.86. The summed E-state index contributed by atoms with van der Waals surface area (Å²) in [6.45, 7) is -0.306. The monoisotopic (exact) mass is 529 g/mol. The number of pyridine rings is 1. The highest BCUT2D eigenvalue weighted by molar-refractivity contribution is 8.00. The van der Waals surface area contributed by atoms with Crippen LogP contribution in [0.4, 0.5) is 10.5 Å². The lowest BCUT2D eigenvalue weighted by atomic mass is 9.84. The zero-order valence-corrected chi connectivity index (χ0v) is 20.1. The van der Waals surface area contributed by atoms with Gasteiger partial charge in [0.2, 0.25) is 11.8 Å². The van der Waals surface area contributed by atoms with Gasteiger partial charge in [-0.2, -0.15) is 4.90 Å².